The monoisotopic (exact) mass is 338 g/mol. The number of carboxylic acids is 1. The highest BCUT2D eigenvalue weighted by atomic mass is 32.1. The fraction of sp³-hybridized carbons (Fsp3) is 0.562. The molecule has 0 saturated heterocycles. The molecule has 0 atom stereocenters. The maximum Gasteiger partial charge on any atom is 0.311 e. The van der Waals surface area contributed by atoms with Crippen LogP contribution in [0.25, 0.3) is 0 Å². The third-order valence-electron chi connectivity index (χ3n) is 4.31. The molecule has 3 N–H and O–H groups in total. The van der Waals surface area contributed by atoms with Crippen molar-refractivity contribution in [2.45, 2.75) is 38.5 Å². The molecule has 0 bridgehead atoms. The second-order valence-electron chi connectivity index (χ2n) is 5.94. The topological polar surface area (TPSA) is 95.5 Å². The molecule has 1 aromatic rings. The Kier molecular flexibility index (Phi) is 6.15. The molecule has 1 saturated carbocycles. The van der Waals surface area contributed by atoms with Crippen LogP contribution in [-0.2, 0) is 9.59 Å². The summed E-state index contributed by atoms with van der Waals surface area (Å²) in [6.45, 7) is 0.403. The van der Waals surface area contributed by atoms with Crippen molar-refractivity contribution in [3.63, 3.8) is 0 Å². The van der Waals surface area contributed by atoms with Crippen LogP contribution in [0.15, 0.2) is 16.8 Å². The molecule has 1 aliphatic rings. The van der Waals surface area contributed by atoms with Gasteiger partial charge in [0.15, 0.2) is 0 Å². The number of hydrogen-bond donors (Lipinski definition) is 3. The number of nitrogens with one attached hydrogen (secondary N) is 2. The average molecular weight is 338 g/mol. The molecule has 6 nitrogen and oxygen atoms in total. The van der Waals surface area contributed by atoms with Crippen LogP contribution in [0.5, 0.6) is 0 Å². The number of rotatable bonds is 7. The van der Waals surface area contributed by atoms with Gasteiger partial charge in [0.05, 0.1) is 5.41 Å². The van der Waals surface area contributed by atoms with Crippen molar-refractivity contribution in [1.29, 1.82) is 0 Å². The lowest BCUT2D eigenvalue weighted by molar-refractivity contribution is -0.151. The first-order valence-corrected chi connectivity index (χ1v) is 8.78. The number of thiophene rings is 1. The summed E-state index contributed by atoms with van der Waals surface area (Å²) in [7, 11) is 0. The van der Waals surface area contributed by atoms with Gasteiger partial charge in [-0.2, -0.15) is 11.3 Å². The molecule has 7 heteroatoms. The van der Waals surface area contributed by atoms with Gasteiger partial charge < -0.3 is 15.7 Å². The molecule has 126 valence electrons. The Morgan fingerprint density at radius 1 is 1.17 bits per heavy atom. The maximum atomic E-state index is 11.9. The highest BCUT2D eigenvalue weighted by molar-refractivity contribution is 7.08. The number of carboxylic acid groups (broad SMARTS) is 1. The SMILES string of the molecule is O=C(CCNC(=O)c1ccsc1)NCC1(C(=O)O)CCCCC1. The molecular formula is C16H22N2O4S. The molecule has 0 unspecified atom stereocenters. The van der Waals surface area contributed by atoms with E-state index in [2.05, 4.69) is 10.6 Å². The predicted octanol–water partition coefficient (Wildman–Crippen LogP) is 2.02. The highest BCUT2D eigenvalue weighted by Gasteiger charge is 2.39. The Labute approximate surface area is 139 Å². The first-order valence-electron chi connectivity index (χ1n) is 7.84. The second kappa shape index (κ2) is 8.10. The lowest BCUT2D eigenvalue weighted by Crippen LogP contribution is -2.44. The largest absolute Gasteiger partial charge is 0.481 e. The first-order chi connectivity index (χ1) is 11.0. The smallest absolute Gasteiger partial charge is 0.311 e. The minimum absolute atomic E-state index is 0.144. The minimum Gasteiger partial charge on any atom is -0.481 e. The van der Waals surface area contributed by atoms with Crippen molar-refractivity contribution in [2.75, 3.05) is 13.1 Å². The first kappa shape index (κ1) is 17.5. The summed E-state index contributed by atoms with van der Waals surface area (Å²) in [6.07, 6.45) is 4.19. The molecule has 23 heavy (non-hydrogen) atoms. The molecule has 1 aromatic heterocycles. The zero-order chi connectivity index (χ0) is 16.7. The zero-order valence-electron chi connectivity index (χ0n) is 13.0. The van der Waals surface area contributed by atoms with Gasteiger partial charge in [-0.05, 0) is 24.3 Å². The molecule has 1 heterocycles. The van der Waals surface area contributed by atoms with E-state index in [1.807, 2.05) is 5.38 Å². The van der Waals surface area contributed by atoms with Gasteiger partial charge in [0.1, 0.15) is 0 Å². The Balaban J connectivity index is 1.72. The van der Waals surface area contributed by atoms with Crippen molar-refractivity contribution >= 4 is 29.1 Å². The van der Waals surface area contributed by atoms with Crippen LogP contribution in [0.3, 0.4) is 0 Å². The van der Waals surface area contributed by atoms with Gasteiger partial charge in [-0.3, -0.25) is 14.4 Å². The van der Waals surface area contributed by atoms with E-state index in [1.54, 1.807) is 11.4 Å². The van der Waals surface area contributed by atoms with Gasteiger partial charge in [-0.25, -0.2) is 0 Å². The average Bonchev–Trinajstić information content (AvgIpc) is 3.08. The van der Waals surface area contributed by atoms with Crippen molar-refractivity contribution in [3.05, 3.63) is 22.4 Å². The molecule has 0 aromatic carbocycles. The highest BCUT2D eigenvalue weighted by Crippen LogP contribution is 2.35. The van der Waals surface area contributed by atoms with E-state index in [1.165, 1.54) is 11.3 Å². The number of hydrogen-bond acceptors (Lipinski definition) is 4. The number of aliphatic carboxylic acids is 1. The molecular weight excluding hydrogens is 316 g/mol. The van der Waals surface area contributed by atoms with Gasteiger partial charge in [-0.15, -0.1) is 0 Å². The predicted molar refractivity (Wildman–Crippen MR) is 87.4 cm³/mol. The van der Waals surface area contributed by atoms with E-state index >= 15 is 0 Å². The van der Waals surface area contributed by atoms with Crippen molar-refractivity contribution in [1.82, 2.24) is 10.6 Å². The Hall–Kier alpha value is -1.89. The van der Waals surface area contributed by atoms with E-state index in [0.29, 0.717) is 18.4 Å². The third-order valence-corrected chi connectivity index (χ3v) is 4.99. The normalized spacial score (nSPS) is 16.5. The van der Waals surface area contributed by atoms with Crippen molar-refractivity contribution in [3.8, 4) is 0 Å². The lowest BCUT2D eigenvalue weighted by Gasteiger charge is -2.33. The minimum atomic E-state index is -0.830. The standard InChI is InChI=1S/C16H22N2O4S/c19-13(4-8-17-14(20)12-5-9-23-10-12)18-11-16(15(21)22)6-2-1-3-7-16/h5,9-10H,1-4,6-8,11H2,(H,17,20)(H,18,19)(H,21,22). The molecule has 0 spiro atoms. The van der Waals surface area contributed by atoms with Gasteiger partial charge in [-0.1, -0.05) is 19.3 Å². The van der Waals surface area contributed by atoms with Crippen LogP contribution >= 0.6 is 11.3 Å². The zero-order valence-corrected chi connectivity index (χ0v) is 13.8. The molecule has 1 fully saturated rings. The van der Waals surface area contributed by atoms with Crippen molar-refractivity contribution < 1.29 is 19.5 Å². The Bertz CT molecular complexity index is 550. The fourth-order valence-corrected chi connectivity index (χ4v) is 3.47. The summed E-state index contributed by atoms with van der Waals surface area (Å²) in [6, 6.07) is 1.72. The van der Waals surface area contributed by atoms with Gasteiger partial charge in [0.25, 0.3) is 5.91 Å². The van der Waals surface area contributed by atoms with Crippen LogP contribution < -0.4 is 10.6 Å². The summed E-state index contributed by atoms with van der Waals surface area (Å²) >= 11 is 1.44. The summed E-state index contributed by atoms with van der Waals surface area (Å²) in [5, 5.41) is 18.4. The van der Waals surface area contributed by atoms with E-state index in [4.69, 9.17) is 0 Å². The van der Waals surface area contributed by atoms with Gasteiger partial charge >= 0.3 is 5.97 Å². The van der Waals surface area contributed by atoms with Crippen molar-refractivity contribution in [2.24, 2.45) is 5.41 Å². The number of carbonyl (C=O) groups excluding carboxylic acids is 2. The van der Waals surface area contributed by atoms with Crippen LogP contribution in [0.2, 0.25) is 0 Å². The van der Waals surface area contributed by atoms with Crippen LogP contribution in [0, 0.1) is 5.41 Å². The molecule has 2 amide bonds. The van der Waals surface area contributed by atoms with Crippen LogP contribution in [-0.4, -0.2) is 36.0 Å². The second-order valence-corrected chi connectivity index (χ2v) is 6.72. The Morgan fingerprint density at radius 3 is 2.52 bits per heavy atom. The number of amides is 2. The maximum absolute atomic E-state index is 11.9. The quantitative estimate of drug-likeness (QED) is 0.709. The molecule has 0 aliphatic heterocycles. The summed E-state index contributed by atoms with van der Waals surface area (Å²) < 4.78 is 0. The summed E-state index contributed by atoms with van der Waals surface area (Å²) in [5.74, 6) is -1.27. The molecule has 0 radical (unpaired) electrons. The number of carbonyl (C=O) groups is 3. The fourth-order valence-electron chi connectivity index (χ4n) is 2.84. The molecule has 1 aliphatic carbocycles. The van der Waals surface area contributed by atoms with E-state index < -0.39 is 11.4 Å². The lowest BCUT2D eigenvalue weighted by atomic mass is 9.74. The summed E-state index contributed by atoms with van der Waals surface area (Å²) in [5.41, 5.74) is -0.240. The van der Waals surface area contributed by atoms with Gasteiger partial charge in [0, 0.05) is 30.5 Å². The Morgan fingerprint density at radius 2 is 1.91 bits per heavy atom. The third kappa shape index (κ3) is 4.79. The van der Waals surface area contributed by atoms with Gasteiger partial charge in [0.2, 0.25) is 5.91 Å². The van der Waals surface area contributed by atoms with Crippen LogP contribution in [0.1, 0.15) is 48.9 Å². The van der Waals surface area contributed by atoms with E-state index in [0.717, 1.165) is 19.3 Å². The molecule has 2 rings (SSSR count). The summed E-state index contributed by atoms with van der Waals surface area (Å²) in [4.78, 5) is 35.1. The van der Waals surface area contributed by atoms with Crippen LogP contribution in [0.4, 0.5) is 0 Å². The van der Waals surface area contributed by atoms with E-state index in [9.17, 15) is 19.5 Å². The van der Waals surface area contributed by atoms with E-state index in [-0.39, 0.29) is 31.3 Å².